The second-order valence-electron chi connectivity index (χ2n) is 6.81. The molecule has 20 heavy (non-hydrogen) atoms. The average molecular weight is 282 g/mol. The van der Waals surface area contributed by atoms with E-state index in [0.29, 0.717) is 0 Å². The van der Waals surface area contributed by atoms with Crippen LogP contribution in [0.5, 0.6) is 0 Å². The topological polar surface area (TPSA) is 0 Å². The molecule has 0 heteroatoms. The molecule has 1 radical (unpaired) electrons. The molecule has 0 aliphatic carbocycles. The van der Waals surface area contributed by atoms with E-state index in [1.54, 1.807) is 5.92 Å². The summed E-state index contributed by atoms with van der Waals surface area (Å²) >= 11 is 0. The third-order valence-electron chi connectivity index (χ3n) is 4.60. The zero-order chi connectivity index (χ0) is 15.1. The van der Waals surface area contributed by atoms with Gasteiger partial charge in [0.05, 0.1) is 0 Å². The highest BCUT2D eigenvalue weighted by Gasteiger charge is 2.10. The minimum absolute atomic E-state index is 0.999. The van der Waals surface area contributed by atoms with Crippen molar-refractivity contribution in [1.82, 2.24) is 0 Å². The van der Waals surface area contributed by atoms with Gasteiger partial charge < -0.3 is 0 Å². The predicted molar refractivity (Wildman–Crippen MR) is 94.1 cm³/mol. The lowest BCUT2D eigenvalue weighted by molar-refractivity contribution is 0.391. The summed E-state index contributed by atoms with van der Waals surface area (Å²) in [6.07, 6.45) is 19.9. The molecule has 0 fully saturated rings. The summed E-state index contributed by atoms with van der Waals surface area (Å²) in [5.41, 5.74) is 0. The molecule has 0 saturated heterocycles. The van der Waals surface area contributed by atoms with E-state index < -0.39 is 0 Å². The number of hydrogen-bond donors (Lipinski definition) is 0. The van der Waals surface area contributed by atoms with Gasteiger partial charge in [0, 0.05) is 0 Å². The van der Waals surface area contributed by atoms with Gasteiger partial charge >= 0.3 is 0 Å². The highest BCUT2D eigenvalue weighted by atomic mass is 14.2. The standard InChI is InChI=1S/C20H41/c1-5-8-10-11-12-13-15-19(4)17-18-20(14-7-3)16-9-6-2/h20H,5-18H2,1-4H3. The van der Waals surface area contributed by atoms with Crippen LogP contribution in [-0.2, 0) is 0 Å². The maximum absolute atomic E-state index is 2.40. The first kappa shape index (κ1) is 20.0. The Bertz CT molecular complexity index is 173. The molecule has 0 saturated carbocycles. The quantitative estimate of drug-likeness (QED) is 0.269. The van der Waals surface area contributed by atoms with Crippen molar-refractivity contribution in [2.75, 3.05) is 0 Å². The summed E-state index contributed by atoms with van der Waals surface area (Å²) in [6.45, 7) is 9.35. The minimum atomic E-state index is 0.999. The minimum Gasteiger partial charge on any atom is -0.0654 e. The summed E-state index contributed by atoms with van der Waals surface area (Å²) in [4.78, 5) is 0. The van der Waals surface area contributed by atoms with E-state index in [4.69, 9.17) is 0 Å². The normalized spacial score (nSPS) is 13.1. The molecule has 0 bridgehead atoms. The Morgan fingerprint density at radius 1 is 0.600 bits per heavy atom. The predicted octanol–water partition coefficient (Wildman–Crippen LogP) is 7.72. The molecule has 0 aromatic rings. The molecule has 1 atom stereocenters. The van der Waals surface area contributed by atoms with Crippen molar-refractivity contribution in [2.24, 2.45) is 5.92 Å². The lowest BCUT2D eigenvalue weighted by atomic mass is 9.88. The fourth-order valence-corrected chi connectivity index (χ4v) is 3.12. The summed E-state index contributed by atoms with van der Waals surface area (Å²) in [6, 6.07) is 0. The van der Waals surface area contributed by atoms with Crippen molar-refractivity contribution >= 4 is 0 Å². The molecule has 0 spiro atoms. The van der Waals surface area contributed by atoms with Crippen LogP contribution in [0.1, 0.15) is 118 Å². The van der Waals surface area contributed by atoms with Gasteiger partial charge in [0.15, 0.2) is 0 Å². The first-order chi connectivity index (χ1) is 9.74. The van der Waals surface area contributed by atoms with Gasteiger partial charge in [-0.15, -0.1) is 0 Å². The van der Waals surface area contributed by atoms with E-state index in [0.717, 1.165) is 5.92 Å². The van der Waals surface area contributed by atoms with E-state index in [-0.39, 0.29) is 0 Å². The zero-order valence-electron chi connectivity index (χ0n) is 15.0. The van der Waals surface area contributed by atoms with Gasteiger partial charge in [-0.1, -0.05) is 98.3 Å². The van der Waals surface area contributed by atoms with Gasteiger partial charge in [0.2, 0.25) is 0 Å². The fraction of sp³-hybridized carbons (Fsp3) is 0.950. The molecular weight excluding hydrogens is 240 g/mol. The second-order valence-corrected chi connectivity index (χ2v) is 6.81. The molecule has 0 aromatic carbocycles. The lowest BCUT2D eigenvalue weighted by Gasteiger charge is -2.18. The van der Waals surface area contributed by atoms with Gasteiger partial charge in [-0.25, -0.2) is 0 Å². The first-order valence-corrected chi connectivity index (χ1v) is 9.55. The van der Waals surface area contributed by atoms with E-state index >= 15 is 0 Å². The van der Waals surface area contributed by atoms with E-state index in [9.17, 15) is 0 Å². The molecule has 0 aliphatic heterocycles. The largest absolute Gasteiger partial charge is 0.0654 e. The van der Waals surface area contributed by atoms with Crippen molar-refractivity contribution in [2.45, 2.75) is 118 Å². The third-order valence-corrected chi connectivity index (χ3v) is 4.60. The van der Waals surface area contributed by atoms with Crippen molar-refractivity contribution in [3.63, 3.8) is 0 Å². The van der Waals surface area contributed by atoms with Crippen molar-refractivity contribution < 1.29 is 0 Å². The Balaban J connectivity index is 3.54. The summed E-state index contributed by atoms with van der Waals surface area (Å²) < 4.78 is 0. The van der Waals surface area contributed by atoms with Crippen LogP contribution in [0.4, 0.5) is 0 Å². The van der Waals surface area contributed by atoms with Crippen molar-refractivity contribution in [3.8, 4) is 0 Å². The number of rotatable bonds is 15. The van der Waals surface area contributed by atoms with Crippen LogP contribution < -0.4 is 0 Å². The Morgan fingerprint density at radius 2 is 1.25 bits per heavy atom. The highest BCUT2D eigenvalue weighted by molar-refractivity contribution is 4.84. The van der Waals surface area contributed by atoms with Gasteiger partial charge in [-0.05, 0) is 31.1 Å². The Labute approximate surface area is 130 Å². The van der Waals surface area contributed by atoms with Crippen molar-refractivity contribution in [1.29, 1.82) is 0 Å². The van der Waals surface area contributed by atoms with Crippen LogP contribution in [0.25, 0.3) is 0 Å². The monoisotopic (exact) mass is 281 g/mol. The molecular formula is C20H41. The SMILES string of the molecule is CCCCCCCC[C](C)CCC(CCC)CCCC. The molecule has 0 aliphatic rings. The first-order valence-electron chi connectivity index (χ1n) is 9.55. The molecule has 0 rings (SSSR count). The van der Waals surface area contributed by atoms with Gasteiger partial charge in [0.25, 0.3) is 0 Å². The van der Waals surface area contributed by atoms with Gasteiger partial charge in [0.1, 0.15) is 0 Å². The molecule has 0 nitrogen and oxygen atoms in total. The van der Waals surface area contributed by atoms with Crippen LogP contribution >= 0.6 is 0 Å². The van der Waals surface area contributed by atoms with Crippen LogP contribution in [-0.4, -0.2) is 0 Å². The molecule has 0 N–H and O–H groups in total. The Kier molecular flexibility index (Phi) is 15.4. The number of unbranched alkanes of at least 4 members (excludes halogenated alkanes) is 6. The van der Waals surface area contributed by atoms with Gasteiger partial charge in [-0.2, -0.15) is 0 Å². The van der Waals surface area contributed by atoms with Crippen LogP contribution in [0.2, 0.25) is 0 Å². The van der Waals surface area contributed by atoms with E-state index in [2.05, 4.69) is 27.7 Å². The summed E-state index contributed by atoms with van der Waals surface area (Å²) in [5, 5.41) is 0. The van der Waals surface area contributed by atoms with E-state index in [1.165, 1.54) is 89.9 Å². The third kappa shape index (κ3) is 13.0. The van der Waals surface area contributed by atoms with Gasteiger partial charge in [-0.3, -0.25) is 0 Å². The molecule has 0 aromatic heterocycles. The van der Waals surface area contributed by atoms with E-state index in [1.807, 2.05) is 0 Å². The Morgan fingerprint density at radius 3 is 1.90 bits per heavy atom. The molecule has 0 amide bonds. The lowest BCUT2D eigenvalue weighted by Crippen LogP contribution is -2.03. The average Bonchev–Trinajstić information content (AvgIpc) is 2.45. The van der Waals surface area contributed by atoms with Crippen LogP contribution in [0.3, 0.4) is 0 Å². The Hall–Kier alpha value is 0. The molecule has 121 valence electrons. The fourth-order valence-electron chi connectivity index (χ4n) is 3.12. The maximum atomic E-state index is 2.40. The summed E-state index contributed by atoms with van der Waals surface area (Å²) in [5.74, 6) is 2.76. The van der Waals surface area contributed by atoms with Crippen LogP contribution in [0, 0.1) is 11.8 Å². The summed E-state index contributed by atoms with van der Waals surface area (Å²) in [7, 11) is 0. The van der Waals surface area contributed by atoms with Crippen LogP contribution in [0.15, 0.2) is 0 Å². The number of hydrogen-bond acceptors (Lipinski definition) is 0. The smallest absolute Gasteiger partial charge is 0.0272 e. The zero-order valence-corrected chi connectivity index (χ0v) is 15.0. The van der Waals surface area contributed by atoms with Crippen molar-refractivity contribution in [3.05, 3.63) is 5.92 Å². The molecule has 0 heterocycles. The highest BCUT2D eigenvalue weighted by Crippen LogP contribution is 2.25. The molecule has 1 unspecified atom stereocenters. The second kappa shape index (κ2) is 15.4. The maximum Gasteiger partial charge on any atom is -0.0272 e.